The van der Waals surface area contributed by atoms with Gasteiger partial charge < -0.3 is 5.73 Å². The van der Waals surface area contributed by atoms with Gasteiger partial charge in [0.05, 0.1) is 0 Å². The molecule has 1 fully saturated rings. The second kappa shape index (κ2) is 4.74. The third-order valence-electron chi connectivity index (χ3n) is 2.78. The number of nitrogens with two attached hydrogens (primary N) is 1. The minimum atomic E-state index is -3.43. The molecule has 0 saturated carbocycles. The standard InChI is InChI=1S/C10H13N3O2S2/c11-7-9-1-2-10(16-9)17(14,15)13-5-3-8(12)4-6-13/h1-2,8H,3-6,12H2. The molecule has 0 bridgehead atoms. The summed E-state index contributed by atoms with van der Waals surface area (Å²) >= 11 is 1.01. The summed E-state index contributed by atoms with van der Waals surface area (Å²) in [4.78, 5) is 0.414. The van der Waals surface area contributed by atoms with E-state index in [-0.39, 0.29) is 10.3 Å². The smallest absolute Gasteiger partial charge is 0.252 e. The van der Waals surface area contributed by atoms with Crippen LogP contribution in [0.5, 0.6) is 0 Å². The summed E-state index contributed by atoms with van der Waals surface area (Å²) in [6.45, 7) is 0.923. The molecule has 0 aromatic carbocycles. The number of hydrogen-bond acceptors (Lipinski definition) is 5. The van der Waals surface area contributed by atoms with Crippen LogP contribution in [0.15, 0.2) is 16.3 Å². The molecule has 1 saturated heterocycles. The first-order chi connectivity index (χ1) is 8.04. The van der Waals surface area contributed by atoms with E-state index in [1.165, 1.54) is 16.4 Å². The van der Waals surface area contributed by atoms with Crippen LogP contribution in [0.25, 0.3) is 0 Å². The number of nitrogens with zero attached hydrogens (tertiary/aromatic N) is 2. The zero-order valence-corrected chi connectivity index (χ0v) is 10.8. The van der Waals surface area contributed by atoms with Crippen LogP contribution < -0.4 is 5.73 Å². The Bertz CT molecular complexity index is 536. The second-order valence-electron chi connectivity index (χ2n) is 3.97. The third kappa shape index (κ3) is 2.50. The number of thiophene rings is 1. The highest BCUT2D eigenvalue weighted by atomic mass is 32.2. The third-order valence-corrected chi connectivity index (χ3v) is 6.14. The van der Waals surface area contributed by atoms with E-state index in [9.17, 15) is 8.42 Å². The van der Waals surface area contributed by atoms with E-state index in [0.717, 1.165) is 11.3 Å². The molecular formula is C10H13N3O2S2. The molecule has 2 N–H and O–H groups in total. The van der Waals surface area contributed by atoms with Crippen molar-refractivity contribution in [2.45, 2.75) is 23.1 Å². The van der Waals surface area contributed by atoms with Gasteiger partial charge in [0.25, 0.3) is 10.0 Å². The molecule has 0 spiro atoms. The van der Waals surface area contributed by atoms with Crippen molar-refractivity contribution in [2.75, 3.05) is 13.1 Å². The topological polar surface area (TPSA) is 87.2 Å². The Balaban J connectivity index is 2.22. The van der Waals surface area contributed by atoms with Gasteiger partial charge in [0.2, 0.25) is 0 Å². The van der Waals surface area contributed by atoms with Crippen molar-refractivity contribution in [1.82, 2.24) is 4.31 Å². The minimum absolute atomic E-state index is 0.0967. The predicted octanol–water partition coefficient (Wildman–Crippen LogP) is 0.732. The molecule has 17 heavy (non-hydrogen) atoms. The van der Waals surface area contributed by atoms with Crippen molar-refractivity contribution >= 4 is 21.4 Å². The number of hydrogen-bond donors (Lipinski definition) is 1. The lowest BCUT2D eigenvalue weighted by molar-refractivity contribution is 0.320. The first kappa shape index (κ1) is 12.5. The van der Waals surface area contributed by atoms with Gasteiger partial charge in [-0.2, -0.15) is 9.57 Å². The Morgan fingerprint density at radius 1 is 1.41 bits per heavy atom. The highest BCUT2D eigenvalue weighted by Crippen LogP contribution is 2.26. The van der Waals surface area contributed by atoms with Gasteiger partial charge in [0.15, 0.2) is 0 Å². The summed E-state index contributed by atoms with van der Waals surface area (Å²) in [5.74, 6) is 0. The van der Waals surface area contributed by atoms with Gasteiger partial charge in [-0.15, -0.1) is 11.3 Å². The summed E-state index contributed by atoms with van der Waals surface area (Å²) in [5.41, 5.74) is 5.74. The van der Waals surface area contributed by atoms with Gasteiger partial charge in [0.1, 0.15) is 15.2 Å². The van der Waals surface area contributed by atoms with E-state index in [4.69, 9.17) is 11.0 Å². The summed E-state index contributed by atoms with van der Waals surface area (Å²) in [6, 6.07) is 5.07. The van der Waals surface area contributed by atoms with Crippen LogP contribution in [0.4, 0.5) is 0 Å². The maximum absolute atomic E-state index is 12.2. The molecule has 1 aromatic heterocycles. The molecule has 0 amide bonds. The molecule has 0 atom stereocenters. The SMILES string of the molecule is N#Cc1ccc(S(=O)(=O)N2CCC(N)CC2)s1. The molecular weight excluding hydrogens is 258 g/mol. The Labute approximate surface area is 105 Å². The average Bonchev–Trinajstić information content (AvgIpc) is 2.78. The number of rotatable bonds is 2. The monoisotopic (exact) mass is 271 g/mol. The lowest BCUT2D eigenvalue weighted by Crippen LogP contribution is -2.42. The van der Waals surface area contributed by atoms with Crippen LogP contribution in [0.1, 0.15) is 17.7 Å². The summed E-state index contributed by atoms with van der Waals surface area (Å²) < 4.78 is 26.1. The van der Waals surface area contributed by atoms with Crippen molar-refractivity contribution in [1.29, 1.82) is 5.26 Å². The van der Waals surface area contributed by atoms with Gasteiger partial charge in [0, 0.05) is 19.1 Å². The summed E-state index contributed by atoms with van der Waals surface area (Å²) in [5, 5.41) is 8.70. The summed E-state index contributed by atoms with van der Waals surface area (Å²) in [6.07, 6.45) is 1.38. The van der Waals surface area contributed by atoms with Crippen molar-refractivity contribution in [3.8, 4) is 6.07 Å². The fourth-order valence-corrected chi connectivity index (χ4v) is 4.49. The van der Waals surface area contributed by atoms with Crippen LogP contribution in [-0.2, 0) is 10.0 Å². The van der Waals surface area contributed by atoms with Crippen LogP contribution in [0, 0.1) is 11.3 Å². The van der Waals surface area contributed by atoms with Crippen LogP contribution >= 0.6 is 11.3 Å². The first-order valence-corrected chi connectivity index (χ1v) is 7.55. The lowest BCUT2D eigenvalue weighted by Gasteiger charge is -2.28. The normalized spacial score (nSPS) is 19.1. The van der Waals surface area contributed by atoms with E-state index >= 15 is 0 Å². The summed E-state index contributed by atoms with van der Waals surface area (Å²) in [7, 11) is -3.43. The van der Waals surface area contributed by atoms with Crippen LogP contribution in [0.2, 0.25) is 0 Å². The molecule has 5 nitrogen and oxygen atoms in total. The van der Waals surface area contributed by atoms with E-state index in [0.29, 0.717) is 30.8 Å². The van der Waals surface area contributed by atoms with Crippen molar-refractivity contribution in [2.24, 2.45) is 5.73 Å². The highest BCUT2D eigenvalue weighted by molar-refractivity contribution is 7.91. The van der Waals surface area contributed by atoms with Gasteiger partial charge in [-0.1, -0.05) is 0 Å². The van der Waals surface area contributed by atoms with Crippen molar-refractivity contribution in [3.05, 3.63) is 17.0 Å². The van der Waals surface area contributed by atoms with E-state index in [2.05, 4.69) is 0 Å². The highest BCUT2D eigenvalue weighted by Gasteiger charge is 2.29. The van der Waals surface area contributed by atoms with Gasteiger partial charge in [-0.3, -0.25) is 0 Å². The Kier molecular flexibility index (Phi) is 3.49. The van der Waals surface area contributed by atoms with Gasteiger partial charge in [-0.25, -0.2) is 8.42 Å². The fourth-order valence-electron chi connectivity index (χ4n) is 1.76. The number of sulfonamides is 1. The van der Waals surface area contributed by atoms with E-state index in [1.54, 1.807) is 0 Å². The maximum atomic E-state index is 12.2. The first-order valence-electron chi connectivity index (χ1n) is 5.29. The molecule has 0 unspecified atom stereocenters. The van der Waals surface area contributed by atoms with Gasteiger partial charge >= 0.3 is 0 Å². The van der Waals surface area contributed by atoms with Crippen LogP contribution in [0.3, 0.4) is 0 Å². The molecule has 2 rings (SSSR count). The lowest BCUT2D eigenvalue weighted by atomic mass is 10.1. The number of piperidine rings is 1. The number of nitriles is 1. The quantitative estimate of drug-likeness (QED) is 0.859. The van der Waals surface area contributed by atoms with Gasteiger partial charge in [-0.05, 0) is 25.0 Å². The molecule has 7 heteroatoms. The Hall–Kier alpha value is -0.940. The van der Waals surface area contributed by atoms with Crippen molar-refractivity contribution in [3.63, 3.8) is 0 Å². The maximum Gasteiger partial charge on any atom is 0.252 e. The predicted molar refractivity (Wildman–Crippen MR) is 65.0 cm³/mol. The fraction of sp³-hybridized carbons (Fsp3) is 0.500. The zero-order chi connectivity index (χ0) is 12.5. The molecule has 92 valence electrons. The van der Waals surface area contributed by atoms with Crippen molar-refractivity contribution < 1.29 is 8.42 Å². The Morgan fingerprint density at radius 3 is 2.59 bits per heavy atom. The largest absolute Gasteiger partial charge is 0.328 e. The van der Waals surface area contributed by atoms with E-state index in [1.807, 2.05) is 6.07 Å². The molecule has 1 aromatic rings. The molecule has 1 aliphatic heterocycles. The minimum Gasteiger partial charge on any atom is -0.328 e. The molecule has 2 heterocycles. The van der Waals surface area contributed by atoms with E-state index < -0.39 is 10.0 Å². The van der Waals surface area contributed by atoms with Crippen LogP contribution in [-0.4, -0.2) is 31.9 Å². The molecule has 0 aliphatic carbocycles. The molecule has 1 aliphatic rings. The zero-order valence-electron chi connectivity index (χ0n) is 9.17. The second-order valence-corrected chi connectivity index (χ2v) is 7.22. The Morgan fingerprint density at radius 2 is 2.06 bits per heavy atom. The average molecular weight is 271 g/mol. The molecule has 0 radical (unpaired) electrons.